The van der Waals surface area contributed by atoms with E-state index in [2.05, 4.69) is 17.1 Å². The lowest BCUT2D eigenvalue weighted by atomic mass is 10.1. The van der Waals surface area contributed by atoms with Gasteiger partial charge >= 0.3 is 0 Å². The van der Waals surface area contributed by atoms with Gasteiger partial charge in [-0.05, 0) is 41.0 Å². The first kappa shape index (κ1) is 15.1. The number of primary amides is 1. The Hall–Kier alpha value is -3.40. The SMILES string of the molecule is NC(=O)Cc1cccc(-c2nc3cc(-c4ccccc4)ccc3o2)c1. The van der Waals surface area contributed by atoms with E-state index in [0.29, 0.717) is 5.89 Å². The summed E-state index contributed by atoms with van der Waals surface area (Å²) in [4.78, 5) is 15.7. The minimum absolute atomic E-state index is 0.201. The van der Waals surface area contributed by atoms with Crippen LogP contribution in [0.4, 0.5) is 0 Å². The van der Waals surface area contributed by atoms with Crippen LogP contribution in [0.2, 0.25) is 0 Å². The number of fused-ring (bicyclic) bond motifs is 1. The number of amides is 1. The fourth-order valence-corrected chi connectivity index (χ4v) is 2.88. The zero-order valence-corrected chi connectivity index (χ0v) is 13.5. The van der Waals surface area contributed by atoms with Crippen LogP contribution in [-0.4, -0.2) is 10.9 Å². The highest BCUT2D eigenvalue weighted by Gasteiger charge is 2.10. The molecule has 0 unspecified atom stereocenters. The van der Waals surface area contributed by atoms with Gasteiger partial charge in [0.2, 0.25) is 11.8 Å². The standard InChI is InChI=1S/C21H16N2O2/c22-20(24)12-14-5-4-8-17(11-14)21-23-18-13-16(9-10-19(18)25-21)15-6-2-1-3-7-15/h1-11,13H,12H2,(H2,22,24). The van der Waals surface area contributed by atoms with E-state index in [4.69, 9.17) is 10.2 Å². The summed E-state index contributed by atoms with van der Waals surface area (Å²) < 4.78 is 5.88. The van der Waals surface area contributed by atoms with E-state index >= 15 is 0 Å². The third kappa shape index (κ3) is 3.15. The van der Waals surface area contributed by atoms with Gasteiger partial charge in [-0.2, -0.15) is 0 Å². The van der Waals surface area contributed by atoms with Crippen LogP contribution in [0.3, 0.4) is 0 Å². The van der Waals surface area contributed by atoms with E-state index in [1.165, 1.54) is 0 Å². The molecule has 25 heavy (non-hydrogen) atoms. The van der Waals surface area contributed by atoms with Gasteiger partial charge in [-0.1, -0.05) is 48.5 Å². The Balaban J connectivity index is 1.73. The van der Waals surface area contributed by atoms with E-state index in [1.54, 1.807) is 0 Å². The maximum Gasteiger partial charge on any atom is 0.227 e. The molecule has 1 aromatic heterocycles. The number of nitrogens with zero attached hydrogens (tertiary/aromatic N) is 1. The average Bonchev–Trinajstić information content (AvgIpc) is 3.05. The molecule has 2 N–H and O–H groups in total. The van der Waals surface area contributed by atoms with E-state index in [1.807, 2.05) is 60.7 Å². The zero-order valence-electron chi connectivity index (χ0n) is 13.5. The van der Waals surface area contributed by atoms with E-state index < -0.39 is 0 Å². The summed E-state index contributed by atoms with van der Waals surface area (Å²) in [5, 5.41) is 0. The summed E-state index contributed by atoms with van der Waals surface area (Å²) in [5.41, 5.74) is 10.7. The summed E-state index contributed by atoms with van der Waals surface area (Å²) in [6.07, 6.45) is 0.201. The number of carbonyl (C=O) groups excluding carboxylic acids is 1. The molecule has 0 aliphatic heterocycles. The van der Waals surface area contributed by atoms with Crippen molar-refractivity contribution in [3.05, 3.63) is 78.4 Å². The Morgan fingerprint density at radius 2 is 1.68 bits per heavy atom. The Kier molecular flexibility index (Phi) is 3.78. The minimum Gasteiger partial charge on any atom is -0.436 e. The fraction of sp³-hybridized carbons (Fsp3) is 0.0476. The van der Waals surface area contributed by atoms with Gasteiger partial charge in [-0.25, -0.2) is 4.98 Å². The smallest absolute Gasteiger partial charge is 0.227 e. The van der Waals surface area contributed by atoms with Crippen molar-refractivity contribution in [2.75, 3.05) is 0 Å². The number of hydrogen-bond acceptors (Lipinski definition) is 3. The van der Waals surface area contributed by atoms with Crippen LogP contribution in [0.25, 0.3) is 33.7 Å². The molecular formula is C21H16N2O2. The number of carbonyl (C=O) groups is 1. The predicted molar refractivity (Wildman–Crippen MR) is 97.8 cm³/mol. The Labute approximate surface area is 144 Å². The quantitative estimate of drug-likeness (QED) is 0.611. The summed E-state index contributed by atoms with van der Waals surface area (Å²) >= 11 is 0. The molecule has 0 aliphatic carbocycles. The molecule has 1 amide bonds. The first-order valence-corrected chi connectivity index (χ1v) is 8.03. The van der Waals surface area contributed by atoms with Crippen LogP contribution in [0, 0.1) is 0 Å². The van der Waals surface area contributed by atoms with Gasteiger partial charge in [-0.15, -0.1) is 0 Å². The number of nitrogens with two attached hydrogens (primary N) is 1. The van der Waals surface area contributed by atoms with Crippen LogP contribution in [-0.2, 0) is 11.2 Å². The molecule has 0 spiro atoms. The van der Waals surface area contributed by atoms with Crippen molar-refractivity contribution in [3.63, 3.8) is 0 Å². The topological polar surface area (TPSA) is 69.1 Å². The Morgan fingerprint density at radius 1 is 0.880 bits per heavy atom. The molecule has 0 radical (unpaired) electrons. The molecule has 0 aliphatic rings. The molecule has 0 saturated heterocycles. The lowest BCUT2D eigenvalue weighted by Gasteiger charge is -2.00. The second kappa shape index (κ2) is 6.24. The molecule has 0 saturated carbocycles. The first-order chi connectivity index (χ1) is 12.2. The van der Waals surface area contributed by atoms with Crippen molar-refractivity contribution in [1.29, 1.82) is 0 Å². The fourth-order valence-electron chi connectivity index (χ4n) is 2.88. The van der Waals surface area contributed by atoms with Crippen molar-refractivity contribution in [1.82, 2.24) is 4.98 Å². The second-order valence-corrected chi connectivity index (χ2v) is 5.91. The van der Waals surface area contributed by atoms with Crippen molar-refractivity contribution < 1.29 is 9.21 Å². The van der Waals surface area contributed by atoms with Crippen LogP contribution in [0.1, 0.15) is 5.56 Å². The highest BCUT2D eigenvalue weighted by Crippen LogP contribution is 2.28. The van der Waals surface area contributed by atoms with Gasteiger partial charge in [-0.3, -0.25) is 4.79 Å². The Morgan fingerprint density at radius 3 is 2.48 bits per heavy atom. The molecule has 3 aromatic carbocycles. The summed E-state index contributed by atoms with van der Waals surface area (Å²) in [6.45, 7) is 0. The molecule has 4 rings (SSSR count). The van der Waals surface area contributed by atoms with Crippen LogP contribution in [0.15, 0.2) is 77.2 Å². The largest absolute Gasteiger partial charge is 0.436 e. The van der Waals surface area contributed by atoms with Gasteiger partial charge in [0.15, 0.2) is 5.58 Å². The molecule has 0 bridgehead atoms. The number of oxazole rings is 1. The highest BCUT2D eigenvalue weighted by molar-refractivity contribution is 5.82. The average molecular weight is 328 g/mol. The maximum absolute atomic E-state index is 11.1. The lowest BCUT2D eigenvalue weighted by molar-refractivity contribution is -0.117. The first-order valence-electron chi connectivity index (χ1n) is 8.03. The van der Waals surface area contributed by atoms with Gasteiger partial charge in [0.25, 0.3) is 0 Å². The molecule has 4 nitrogen and oxygen atoms in total. The zero-order chi connectivity index (χ0) is 17.2. The molecular weight excluding hydrogens is 312 g/mol. The molecule has 0 fully saturated rings. The third-order valence-corrected chi connectivity index (χ3v) is 4.05. The van der Waals surface area contributed by atoms with E-state index in [0.717, 1.165) is 33.4 Å². The minimum atomic E-state index is -0.359. The van der Waals surface area contributed by atoms with Crippen LogP contribution < -0.4 is 5.73 Å². The van der Waals surface area contributed by atoms with Crippen molar-refractivity contribution in [2.24, 2.45) is 5.73 Å². The van der Waals surface area contributed by atoms with Crippen molar-refractivity contribution in [2.45, 2.75) is 6.42 Å². The second-order valence-electron chi connectivity index (χ2n) is 5.91. The molecule has 122 valence electrons. The van der Waals surface area contributed by atoms with E-state index in [9.17, 15) is 4.79 Å². The predicted octanol–water partition coefficient (Wildman–Crippen LogP) is 4.19. The Bertz CT molecular complexity index is 1050. The summed E-state index contributed by atoms with van der Waals surface area (Å²) in [5.74, 6) is 0.175. The van der Waals surface area contributed by atoms with Crippen molar-refractivity contribution in [3.8, 4) is 22.6 Å². The van der Waals surface area contributed by atoms with Gasteiger partial charge in [0.1, 0.15) is 5.52 Å². The number of benzene rings is 3. The molecule has 4 aromatic rings. The molecule has 1 heterocycles. The monoisotopic (exact) mass is 328 g/mol. The summed E-state index contributed by atoms with van der Waals surface area (Å²) in [6, 6.07) is 23.7. The van der Waals surface area contributed by atoms with Crippen molar-refractivity contribution >= 4 is 17.0 Å². The number of hydrogen-bond donors (Lipinski definition) is 1. The van der Waals surface area contributed by atoms with Crippen LogP contribution >= 0.6 is 0 Å². The normalized spacial score (nSPS) is 10.9. The third-order valence-electron chi connectivity index (χ3n) is 4.05. The number of aromatic nitrogens is 1. The molecule has 4 heteroatoms. The summed E-state index contributed by atoms with van der Waals surface area (Å²) in [7, 11) is 0. The van der Waals surface area contributed by atoms with E-state index in [-0.39, 0.29) is 12.3 Å². The maximum atomic E-state index is 11.1. The van der Waals surface area contributed by atoms with Gasteiger partial charge < -0.3 is 10.2 Å². The van der Waals surface area contributed by atoms with Gasteiger partial charge in [0.05, 0.1) is 6.42 Å². The number of rotatable bonds is 4. The lowest BCUT2D eigenvalue weighted by Crippen LogP contribution is -2.13. The van der Waals surface area contributed by atoms with Gasteiger partial charge in [0, 0.05) is 5.56 Å². The molecule has 0 atom stereocenters. The van der Waals surface area contributed by atoms with Crippen LogP contribution in [0.5, 0.6) is 0 Å². The highest BCUT2D eigenvalue weighted by atomic mass is 16.3.